The Morgan fingerprint density at radius 1 is 1.28 bits per heavy atom. The third kappa shape index (κ3) is 3.34. The highest BCUT2D eigenvalue weighted by atomic mass is 79.9. The van der Waals surface area contributed by atoms with Crippen molar-refractivity contribution < 1.29 is 9.90 Å². The number of halogens is 1. The van der Waals surface area contributed by atoms with Crippen LogP contribution in [0, 0.1) is 0 Å². The quantitative estimate of drug-likeness (QED) is 0.868. The first-order valence-electron chi connectivity index (χ1n) is 5.22. The van der Waals surface area contributed by atoms with Gasteiger partial charge in [0.1, 0.15) is 5.03 Å². The zero-order valence-corrected chi connectivity index (χ0v) is 11.7. The lowest BCUT2D eigenvalue weighted by molar-refractivity contribution is 0.0697. The second kappa shape index (κ2) is 6.02. The van der Waals surface area contributed by atoms with Gasteiger partial charge in [-0.05, 0) is 45.8 Å². The van der Waals surface area contributed by atoms with Crippen molar-refractivity contribution in [1.82, 2.24) is 4.98 Å². The molecule has 0 fully saturated rings. The van der Waals surface area contributed by atoms with Gasteiger partial charge in [0.05, 0.1) is 5.56 Å². The van der Waals surface area contributed by atoms with Gasteiger partial charge in [-0.1, -0.05) is 12.1 Å². The lowest BCUT2D eigenvalue weighted by atomic mass is 10.1. The number of rotatable bonds is 4. The molecule has 2 rings (SSSR count). The summed E-state index contributed by atoms with van der Waals surface area (Å²) in [7, 11) is 0. The van der Waals surface area contributed by atoms with Gasteiger partial charge in [0.2, 0.25) is 0 Å². The summed E-state index contributed by atoms with van der Waals surface area (Å²) in [5, 5.41) is 9.73. The molecule has 0 spiro atoms. The Morgan fingerprint density at radius 2 is 2.00 bits per heavy atom. The van der Waals surface area contributed by atoms with E-state index < -0.39 is 5.97 Å². The molecule has 0 bridgehead atoms. The van der Waals surface area contributed by atoms with Crippen molar-refractivity contribution in [2.45, 2.75) is 10.8 Å². The molecule has 1 heterocycles. The first-order valence-corrected chi connectivity index (χ1v) is 7.00. The Hall–Kier alpha value is -1.33. The standard InChI is InChI=1S/C13H10BrNO2S/c14-11-2-1-7-15-12(11)18-8-9-3-5-10(6-4-9)13(16)17/h1-7H,8H2,(H,16,17). The third-order valence-corrected chi connectivity index (χ3v) is 4.28. The highest BCUT2D eigenvalue weighted by Gasteiger charge is 2.04. The summed E-state index contributed by atoms with van der Waals surface area (Å²) in [6.07, 6.45) is 1.75. The monoisotopic (exact) mass is 323 g/mol. The minimum absolute atomic E-state index is 0.308. The molecule has 2 aromatic rings. The molecule has 0 saturated heterocycles. The van der Waals surface area contributed by atoms with Crippen LogP contribution in [-0.2, 0) is 5.75 Å². The SMILES string of the molecule is O=C(O)c1ccc(CSc2ncccc2Br)cc1. The van der Waals surface area contributed by atoms with Gasteiger partial charge in [0.15, 0.2) is 0 Å². The molecule has 1 aromatic carbocycles. The molecule has 92 valence electrons. The third-order valence-electron chi connectivity index (χ3n) is 2.30. The van der Waals surface area contributed by atoms with Gasteiger partial charge >= 0.3 is 5.97 Å². The van der Waals surface area contributed by atoms with Crippen molar-refractivity contribution in [3.05, 3.63) is 58.2 Å². The van der Waals surface area contributed by atoms with Crippen LogP contribution in [0.1, 0.15) is 15.9 Å². The maximum absolute atomic E-state index is 10.7. The minimum Gasteiger partial charge on any atom is -0.478 e. The van der Waals surface area contributed by atoms with Gasteiger partial charge in [-0.3, -0.25) is 0 Å². The summed E-state index contributed by atoms with van der Waals surface area (Å²) < 4.78 is 0.970. The van der Waals surface area contributed by atoms with Gasteiger partial charge in [-0.15, -0.1) is 11.8 Å². The van der Waals surface area contributed by atoms with Crippen molar-refractivity contribution in [3.63, 3.8) is 0 Å². The summed E-state index contributed by atoms with van der Waals surface area (Å²) in [4.78, 5) is 15.0. The average molecular weight is 324 g/mol. The van der Waals surface area contributed by atoms with E-state index in [0.29, 0.717) is 5.56 Å². The number of carboxylic acids is 1. The number of thioether (sulfide) groups is 1. The molecule has 0 saturated carbocycles. The average Bonchev–Trinajstić information content (AvgIpc) is 2.38. The van der Waals surface area contributed by atoms with E-state index in [-0.39, 0.29) is 0 Å². The van der Waals surface area contributed by atoms with Crippen LogP contribution < -0.4 is 0 Å². The molecule has 0 aliphatic heterocycles. The zero-order valence-electron chi connectivity index (χ0n) is 9.34. The van der Waals surface area contributed by atoms with Gasteiger partial charge in [0.25, 0.3) is 0 Å². The number of carboxylic acid groups (broad SMARTS) is 1. The number of hydrogen-bond acceptors (Lipinski definition) is 3. The summed E-state index contributed by atoms with van der Waals surface area (Å²) >= 11 is 5.05. The number of carbonyl (C=O) groups is 1. The molecular formula is C13H10BrNO2S. The van der Waals surface area contributed by atoms with E-state index in [1.807, 2.05) is 24.3 Å². The van der Waals surface area contributed by atoms with Crippen LogP contribution in [0.25, 0.3) is 0 Å². The van der Waals surface area contributed by atoms with Crippen molar-refractivity contribution in [3.8, 4) is 0 Å². The Balaban J connectivity index is 2.02. The first-order chi connectivity index (χ1) is 8.66. The lowest BCUT2D eigenvalue weighted by Gasteiger charge is -2.03. The van der Waals surface area contributed by atoms with Crippen molar-refractivity contribution >= 4 is 33.7 Å². The van der Waals surface area contributed by atoms with Gasteiger partial charge < -0.3 is 5.11 Å². The van der Waals surface area contributed by atoms with Crippen molar-refractivity contribution in [2.24, 2.45) is 0 Å². The molecule has 0 aliphatic rings. The van der Waals surface area contributed by atoms with Gasteiger partial charge in [0, 0.05) is 16.4 Å². The van der Waals surface area contributed by atoms with E-state index in [1.54, 1.807) is 30.1 Å². The van der Waals surface area contributed by atoms with Crippen LogP contribution in [0.5, 0.6) is 0 Å². The number of pyridine rings is 1. The Bertz CT molecular complexity index is 557. The van der Waals surface area contributed by atoms with E-state index in [0.717, 1.165) is 20.8 Å². The summed E-state index contributed by atoms with van der Waals surface area (Å²) in [6.45, 7) is 0. The molecule has 0 unspecified atom stereocenters. The normalized spacial score (nSPS) is 10.3. The van der Waals surface area contributed by atoms with Gasteiger partial charge in [-0.2, -0.15) is 0 Å². The molecular weight excluding hydrogens is 314 g/mol. The maximum Gasteiger partial charge on any atom is 0.335 e. The molecule has 18 heavy (non-hydrogen) atoms. The van der Waals surface area contributed by atoms with E-state index in [4.69, 9.17) is 5.11 Å². The number of hydrogen-bond donors (Lipinski definition) is 1. The summed E-state index contributed by atoms with van der Waals surface area (Å²) in [6, 6.07) is 10.7. The van der Waals surface area contributed by atoms with Crippen LogP contribution in [0.15, 0.2) is 52.1 Å². The molecule has 5 heteroatoms. The second-order valence-corrected chi connectivity index (χ2v) is 5.40. The fourth-order valence-electron chi connectivity index (χ4n) is 1.37. The van der Waals surface area contributed by atoms with E-state index >= 15 is 0 Å². The van der Waals surface area contributed by atoms with Crippen LogP contribution in [0.3, 0.4) is 0 Å². The number of nitrogens with zero attached hydrogens (tertiary/aromatic N) is 1. The topological polar surface area (TPSA) is 50.2 Å². The Morgan fingerprint density at radius 3 is 2.61 bits per heavy atom. The molecule has 1 N–H and O–H groups in total. The molecule has 3 nitrogen and oxygen atoms in total. The van der Waals surface area contributed by atoms with Crippen LogP contribution in [0.4, 0.5) is 0 Å². The highest BCUT2D eigenvalue weighted by molar-refractivity contribution is 9.10. The van der Waals surface area contributed by atoms with Crippen molar-refractivity contribution in [2.75, 3.05) is 0 Å². The molecule has 0 amide bonds. The van der Waals surface area contributed by atoms with Crippen LogP contribution in [0.2, 0.25) is 0 Å². The van der Waals surface area contributed by atoms with E-state index in [1.165, 1.54) is 0 Å². The number of aromatic carboxylic acids is 1. The molecule has 0 radical (unpaired) electrons. The Kier molecular flexibility index (Phi) is 4.38. The minimum atomic E-state index is -0.901. The molecule has 0 aliphatic carbocycles. The second-order valence-electron chi connectivity index (χ2n) is 3.58. The predicted molar refractivity (Wildman–Crippen MR) is 74.9 cm³/mol. The first kappa shape index (κ1) is 13.1. The van der Waals surface area contributed by atoms with Crippen molar-refractivity contribution in [1.29, 1.82) is 0 Å². The summed E-state index contributed by atoms with van der Waals surface area (Å²) in [5.41, 5.74) is 1.38. The summed E-state index contributed by atoms with van der Waals surface area (Å²) in [5.74, 6) is -0.142. The van der Waals surface area contributed by atoms with Crippen LogP contribution >= 0.6 is 27.7 Å². The largest absolute Gasteiger partial charge is 0.478 e. The predicted octanol–water partition coefficient (Wildman–Crippen LogP) is 3.83. The van der Waals surface area contributed by atoms with E-state index in [9.17, 15) is 4.79 Å². The van der Waals surface area contributed by atoms with Gasteiger partial charge in [-0.25, -0.2) is 9.78 Å². The molecule has 1 aromatic heterocycles. The number of benzene rings is 1. The van der Waals surface area contributed by atoms with E-state index in [2.05, 4.69) is 20.9 Å². The molecule has 0 atom stereocenters. The number of aromatic nitrogens is 1. The fraction of sp³-hybridized carbons (Fsp3) is 0.0769. The van der Waals surface area contributed by atoms with Crippen LogP contribution in [-0.4, -0.2) is 16.1 Å². The Labute approximate surface area is 117 Å². The smallest absolute Gasteiger partial charge is 0.335 e. The lowest BCUT2D eigenvalue weighted by Crippen LogP contribution is -1.95. The fourth-order valence-corrected chi connectivity index (χ4v) is 2.81. The zero-order chi connectivity index (χ0) is 13.0. The maximum atomic E-state index is 10.7. The highest BCUT2D eigenvalue weighted by Crippen LogP contribution is 2.27.